The van der Waals surface area contributed by atoms with Crippen molar-refractivity contribution in [3.8, 4) is 0 Å². The second kappa shape index (κ2) is 7.12. The van der Waals surface area contributed by atoms with Crippen LogP contribution in [0.1, 0.15) is 31.2 Å². The third kappa shape index (κ3) is 3.11. The summed E-state index contributed by atoms with van der Waals surface area (Å²) in [6.07, 6.45) is 4.06. The van der Waals surface area contributed by atoms with Crippen LogP contribution in [0.4, 0.5) is 0 Å². The van der Waals surface area contributed by atoms with Crippen LogP contribution in [0.15, 0.2) is 42.5 Å². The van der Waals surface area contributed by atoms with Crippen molar-refractivity contribution in [3.63, 3.8) is 0 Å². The number of benzene rings is 2. The van der Waals surface area contributed by atoms with Gasteiger partial charge in [-0.25, -0.2) is 0 Å². The van der Waals surface area contributed by atoms with Gasteiger partial charge in [0.1, 0.15) is 0 Å². The van der Waals surface area contributed by atoms with Gasteiger partial charge in [0.05, 0.1) is 5.41 Å². The highest BCUT2D eigenvalue weighted by molar-refractivity contribution is 5.87. The Morgan fingerprint density at radius 3 is 2.50 bits per heavy atom. The van der Waals surface area contributed by atoms with Crippen molar-refractivity contribution in [2.45, 2.75) is 32.2 Å². The summed E-state index contributed by atoms with van der Waals surface area (Å²) < 4.78 is 0. The molecule has 2 aromatic rings. The Kier molecular flexibility index (Phi) is 5.43. The molecule has 0 bridgehead atoms. The largest absolute Gasteiger partial charge is 0.351 e. The summed E-state index contributed by atoms with van der Waals surface area (Å²) in [6, 6.07) is 14.5. The number of amides is 1. The zero-order chi connectivity index (χ0) is 14.7. The monoisotopic (exact) mass is 318 g/mol. The summed E-state index contributed by atoms with van der Waals surface area (Å²) in [5.41, 5.74) is 6.70. The first-order valence-electron chi connectivity index (χ1n) is 7.70. The maximum atomic E-state index is 12.5. The quantitative estimate of drug-likeness (QED) is 0.907. The molecule has 1 amide bonds. The van der Waals surface area contributed by atoms with Crippen molar-refractivity contribution >= 4 is 29.1 Å². The van der Waals surface area contributed by atoms with Crippen molar-refractivity contribution in [1.82, 2.24) is 5.32 Å². The molecule has 22 heavy (non-hydrogen) atoms. The maximum Gasteiger partial charge on any atom is 0.227 e. The van der Waals surface area contributed by atoms with E-state index in [1.807, 2.05) is 18.2 Å². The van der Waals surface area contributed by atoms with Gasteiger partial charge in [-0.1, -0.05) is 55.3 Å². The number of rotatable bonds is 4. The van der Waals surface area contributed by atoms with Crippen LogP contribution >= 0.6 is 12.4 Å². The first kappa shape index (κ1) is 16.8. The highest BCUT2D eigenvalue weighted by Gasteiger charge is 2.39. The van der Waals surface area contributed by atoms with Crippen molar-refractivity contribution < 1.29 is 4.79 Å². The minimum Gasteiger partial charge on any atom is -0.351 e. The van der Waals surface area contributed by atoms with Crippen molar-refractivity contribution in [2.24, 2.45) is 11.1 Å². The van der Waals surface area contributed by atoms with Gasteiger partial charge in [-0.05, 0) is 29.2 Å². The van der Waals surface area contributed by atoms with Crippen molar-refractivity contribution in [2.75, 3.05) is 6.54 Å². The summed E-state index contributed by atoms with van der Waals surface area (Å²) in [4.78, 5) is 12.5. The van der Waals surface area contributed by atoms with Gasteiger partial charge >= 0.3 is 0 Å². The summed E-state index contributed by atoms with van der Waals surface area (Å²) in [6.45, 7) is 1.02. The molecule has 3 nitrogen and oxygen atoms in total. The molecule has 0 heterocycles. The fourth-order valence-electron chi connectivity index (χ4n) is 3.39. The average molecular weight is 319 g/mol. The van der Waals surface area contributed by atoms with E-state index in [1.54, 1.807) is 0 Å². The molecule has 0 atom stereocenters. The highest BCUT2D eigenvalue weighted by Crippen LogP contribution is 2.37. The highest BCUT2D eigenvalue weighted by atomic mass is 35.5. The lowest BCUT2D eigenvalue weighted by atomic mass is 9.85. The van der Waals surface area contributed by atoms with Gasteiger partial charge in [0, 0.05) is 13.1 Å². The van der Waals surface area contributed by atoms with E-state index in [1.165, 1.54) is 10.8 Å². The molecular formula is C18H23ClN2O. The molecule has 1 aliphatic carbocycles. The molecule has 1 aliphatic rings. The first-order chi connectivity index (χ1) is 10.2. The Morgan fingerprint density at radius 2 is 1.77 bits per heavy atom. The molecule has 0 unspecified atom stereocenters. The van der Waals surface area contributed by atoms with Crippen LogP contribution in [-0.4, -0.2) is 12.5 Å². The summed E-state index contributed by atoms with van der Waals surface area (Å²) in [5.74, 6) is 0.121. The molecule has 3 N–H and O–H groups in total. The average Bonchev–Trinajstić information content (AvgIpc) is 3.03. The van der Waals surface area contributed by atoms with E-state index in [0.717, 1.165) is 31.2 Å². The van der Waals surface area contributed by atoms with Crippen LogP contribution in [0.5, 0.6) is 0 Å². The molecule has 0 spiro atoms. The molecule has 2 aromatic carbocycles. The van der Waals surface area contributed by atoms with E-state index in [2.05, 4.69) is 29.6 Å². The number of halogens is 1. The Balaban J connectivity index is 0.00000176. The predicted octanol–water partition coefficient (Wildman–Crippen LogP) is 3.40. The van der Waals surface area contributed by atoms with Crippen LogP contribution in [0.3, 0.4) is 0 Å². The molecule has 1 saturated carbocycles. The van der Waals surface area contributed by atoms with Crippen molar-refractivity contribution in [1.29, 1.82) is 0 Å². The SMILES string of the molecule is Cl.NCC1(C(=O)NCc2cccc3ccccc23)CCCC1. The fourth-order valence-corrected chi connectivity index (χ4v) is 3.39. The van der Waals surface area contributed by atoms with Gasteiger partial charge in [-0.15, -0.1) is 12.4 Å². The van der Waals surface area contributed by atoms with E-state index in [4.69, 9.17) is 5.73 Å². The van der Waals surface area contributed by atoms with Crippen LogP contribution in [-0.2, 0) is 11.3 Å². The van der Waals surface area contributed by atoms with Crippen LogP contribution in [0.25, 0.3) is 10.8 Å². The molecule has 0 aliphatic heterocycles. The molecule has 0 saturated heterocycles. The van der Waals surface area contributed by atoms with Gasteiger partial charge in [0.2, 0.25) is 5.91 Å². The standard InChI is InChI=1S/C18H22N2O.ClH/c19-13-18(10-3-4-11-18)17(21)20-12-15-8-5-7-14-6-1-2-9-16(14)15;/h1-2,5-9H,3-4,10-13,19H2,(H,20,21);1H. The van der Waals surface area contributed by atoms with Crippen molar-refractivity contribution in [3.05, 3.63) is 48.0 Å². The molecule has 0 aromatic heterocycles. The van der Waals surface area contributed by atoms with Gasteiger partial charge < -0.3 is 11.1 Å². The summed E-state index contributed by atoms with van der Waals surface area (Å²) >= 11 is 0. The van der Waals surface area contributed by atoms with Crippen LogP contribution < -0.4 is 11.1 Å². The zero-order valence-electron chi connectivity index (χ0n) is 12.7. The Bertz CT molecular complexity index is 645. The van der Waals surface area contributed by atoms with Gasteiger partial charge in [-0.3, -0.25) is 4.79 Å². The zero-order valence-corrected chi connectivity index (χ0v) is 13.5. The Hall–Kier alpha value is -1.58. The van der Waals surface area contributed by atoms with E-state index in [9.17, 15) is 4.79 Å². The predicted molar refractivity (Wildman–Crippen MR) is 93.0 cm³/mol. The number of carbonyl (C=O) groups is 1. The van der Waals surface area contributed by atoms with Crippen LogP contribution in [0.2, 0.25) is 0 Å². The normalized spacial score (nSPS) is 16.2. The summed E-state index contributed by atoms with van der Waals surface area (Å²) in [5, 5.41) is 5.52. The lowest BCUT2D eigenvalue weighted by Gasteiger charge is -2.25. The third-order valence-electron chi connectivity index (χ3n) is 4.75. The van der Waals surface area contributed by atoms with E-state index in [0.29, 0.717) is 13.1 Å². The van der Waals surface area contributed by atoms with Gasteiger partial charge in [0.15, 0.2) is 0 Å². The number of nitrogens with one attached hydrogen (secondary N) is 1. The smallest absolute Gasteiger partial charge is 0.227 e. The minimum atomic E-state index is -0.329. The fraction of sp³-hybridized carbons (Fsp3) is 0.389. The lowest BCUT2D eigenvalue weighted by molar-refractivity contribution is -0.130. The topological polar surface area (TPSA) is 55.1 Å². The molecule has 1 fully saturated rings. The van der Waals surface area contributed by atoms with E-state index >= 15 is 0 Å². The molecule has 0 radical (unpaired) electrons. The van der Waals surface area contributed by atoms with Crippen LogP contribution in [0, 0.1) is 5.41 Å². The first-order valence-corrected chi connectivity index (χ1v) is 7.70. The number of hydrogen-bond acceptors (Lipinski definition) is 2. The van der Waals surface area contributed by atoms with E-state index < -0.39 is 0 Å². The summed E-state index contributed by atoms with van der Waals surface area (Å²) in [7, 11) is 0. The Morgan fingerprint density at radius 1 is 1.09 bits per heavy atom. The van der Waals surface area contributed by atoms with Gasteiger partial charge in [-0.2, -0.15) is 0 Å². The third-order valence-corrected chi connectivity index (χ3v) is 4.75. The number of hydrogen-bond donors (Lipinski definition) is 2. The number of carbonyl (C=O) groups excluding carboxylic acids is 1. The minimum absolute atomic E-state index is 0. The molecule has 118 valence electrons. The second-order valence-electron chi connectivity index (χ2n) is 6.01. The van der Waals surface area contributed by atoms with Gasteiger partial charge in [0.25, 0.3) is 0 Å². The Labute approximate surface area is 137 Å². The number of fused-ring (bicyclic) bond motifs is 1. The second-order valence-corrected chi connectivity index (χ2v) is 6.01. The maximum absolute atomic E-state index is 12.5. The lowest BCUT2D eigenvalue weighted by Crippen LogP contribution is -2.43. The number of nitrogens with two attached hydrogens (primary N) is 1. The molecule has 3 rings (SSSR count). The molecule has 4 heteroatoms. The molecular weight excluding hydrogens is 296 g/mol. The van der Waals surface area contributed by atoms with E-state index in [-0.39, 0.29) is 23.7 Å².